The molecule has 0 aliphatic carbocycles. The van der Waals surface area contributed by atoms with Gasteiger partial charge in [-0.2, -0.15) is 0 Å². The third-order valence-corrected chi connectivity index (χ3v) is 6.07. The summed E-state index contributed by atoms with van der Waals surface area (Å²) < 4.78 is 10.6. The summed E-state index contributed by atoms with van der Waals surface area (Å²) in [7, 11) is 3.28. The molecule has 0 aromatic heterocycles. The molecule has 0 saturated carbocycles. The van der Waals surface area contributed by atoms with Crippen molar-refractivity contribution in [2.24, 2.45) is 11.7 Å². The highest BCUT2D eigenvalue weighted by atomic mass is 16.5. The number of nitrogens with zero attached hydrogens (tertiary/aromatic N) is 1. The molecule has 1 amide bonds. The Kier molecular flexibility index (Phi) is 6.70. The van der Waals surface area contributed by atoms with Crippen LogP contribution in [0.2, 0.25) is 0 Å². The molecule has 4 N–H and O–H groups in total. The number of nitrogens with two attached hydrogens (primary N) is 1. The number of amides is 1. The average Bonchev–Trinajstić information content (AvgIpc) is 3.22. The van der Waals surface area contributed by atoms with Crippen LogP contribution in [0.4, 0.5) is 0 Å². The number of methoxy groups -OCH3 is 2. The van der Waals surface area contributed by atoms with Crippen molar-refractivity contribution in [2.75, 3.05) is 33.9 Å². The smallest absolute Gasteiger partial charge is 0.242 e. The average molecular weight is 377 g/mol. The second-order valence-electron chi connectivity index (χ2n) is 7.56. The van der Waals surface area contributed by atoms with Crippen molar-refractivity contribution in [3.05, 3.63) is 29.8 Å². The molecular formula is C20H32N4O3. The van der Waals surface area contributed by atoms with E-state index in [0.717, 1.165) is 38.2 Å². The number of hydrazine groups is 1. The summed E-state index contributed by atoms with van der Waals surface area (Å²) in [5.41, 5.74) is 14.1. The first kappa shape index (κ1) is 20.1. The molecule has 0 spiro atoms. The van der Waals surface area contributed by atoms with E-state index in [4.69, 9.17) is 15.2 Å². The highest BCUT2D eigenvalue weighted by Gasteiger charge is 2.38. The van der Waals surface area contributed by atoms with Crippen LogP contribution in [0.1, 0.15) is 31.2 Å². The van der Waals surface area contributed by atoms with Crippen molar-refractivity contribution in [2.45, 2.75) is 43.9 Å². The van der Waals surface area contributed by atoms with Gasteiger partial charge in [0.1, 0.15) is 11.8 Å². The van der Waals surface area contributed by atoms with Crippen LogP contribution < -0.4 is 21.3 Å². The number of rotatable bonds is 6. The Balaban J connectivity index is 1.60. The Morgan fingerprint density at radius 3 is 2.70 bits per heavy atom. The van der Waals surface area contributed by atoms with Gasteiger partial charge in [-0.3, -0.25) is 15.6 Å². The number of likely N-dealkylation sites (tertiary alicyclic amines) is 1. The molecular weight excluding hydrogens is 344 g/mol. The fourth-order valence-corrected chi connectivity index (χ4v) is 4.20. The van der Waals surface area contributed by atoms with Gasteiger partial charge in [0.2, 0.25) is 5.91 Å². The van der Waals surface area contributed by atoms with Crippen LogP contribution >= 0.6 is 0 Å². The van der Waals surface area contributed by atoms with Gasteiger partial charge in [-0.15, -0.1) is 0 Å². The second kappa shape index (κ2) is 9.01. The fourth-order valence-electron chi connectivity index (χ4n) is 4.20. The van der Waals surface area contributed by atoms with Gasteiger partial charge in [0, 0.05) is 38.7 Å². The number of piperidine rings is 1. The van der Waals surface area contributed by atoms with E-state index in [9.17, 15) is 4.79 Å². The number of carbonyl (C=O) groups is 1. The van der Waals surface area contributed by atoms with Gasteiger partial charge in [-0.05, 0) is 43.4 Å². The first-order valence-corrected chi connectivity index (χ1v) is 9.74. The van der Waals surface area contributed by atoms with Gasteiger partial charge in [0.15, 0.2) is 0 Å². The van der Waals surface area contributed by atoms with E-state index in [0.29, 0.717) is 17.9 Å². The van der Waals surface area contributed by atoms with Crippen molar-refractivity contribution < 1.29 is 14.3 Å². The van der Waals surface area contributed by atoms with E-state index in [1.54, 1.807) is 14.2 Å². The molecule has 4 atom stereocenters. The maximum Gasteiger partial charge on any atom is 0.242 e. The number of hydrogen-bond acceptors (Lipinski definition) is 6. The minimum atomic E-state index is -0.595. The summed E-state index contributed by atoms with van der Waals surface area (Å²) in [6.07, 6.45) is 1.67. The molecule has 0 radical (unpaired) electrons. The van der Waals surface area contributed by atoms with Crippen molar-refractivity contribution in [3.8, 4) is 5.75 Å². The lowest BCUT2D eigenvalue weighted by Gasteiger charge is -2.38. The Morgan fingerprint density at radius 2 is 2.04 bits per heavy atom. The highest BCUT2D eigenvalue weighted by molar-refractivity contribution is 5.82. The predicted octanol–water partition coefficient (Wildman–Crippen LogP) is 0.856. The van der Waals surface area contributed by atoms with E-state index in [1.807, 2.05) is 24.0 Å². The van der Waals surface area contributed by atoms with Crippen LogP contribution in [-0.4, -0.2) is 62.8 Å². The van der Waals surface area contributed by atoms with Gasteiger partial charge in [-0.25, -0.2) is 0 Å². The standard InChI is InChI=1S/C20H32N4O3/c1-13(26-2)18(21)20(25)24-9-7-14(8-10-24)19-17(12-22-23-19)15-5-4-6-16(11-15)27-3/h4-6,11,13-14,17-19,22-23H,7-10,12,21H2,1-3H3/t13-,17?,18+,19?/m1/s1. The van der Waals surface area contributed by atoms with Gasteiger partial charge in [-0.1, -0.05) is 12.1 Å². The zero-order valence-electron chi connectivity index (χ0n) is 16.5. The summed E-state index contributed by atoms with van der Waals surface area (Å²) in [6, 6.07) is 8.06. The molecule has 2 fully saturated rings. The van der Waals surface area contributed by atoms with Gasteiger partial charge in [0.25, 0.3) is 0 Å². The van der Waals surface area contributed by atoms with Crippen molar-refractivity contribution in [3.63, 3.8) is 0 Å². The Bertz CT molecular complexity index is 633. The molecule has 1 aromatic carbocycles. The summed E-state index contributed by atoms with van der Waals surface area (Å²) in [4.78, 5) is 14.5. The summed E-state index contributed by atoms with van der Waals surface area (Å²) in [5.74, 6) is 1.78. The molecule has 0 bridgehead atoms. The molecule has 2 heterocycles. The lowest BCUT2D eigenvalue weighted by molar-refractivity contribution is -0.137. The molecule has 1 aromatic rings. The number of benzene rings is 1. The van der Waals surface area contributed by atoms with Crippen molar-refractivity contribution in [1.82, 2.24) is 15.8 Å². The first-order valence-electron chi connectivity index (χ1n) is 9.74. The lowest BCUT2D eigenvalue weighted by atomic mass is 9.80. The summed E-state index contributed by atoms with van der Waals surface area (Å²) >= 11 is 0. The Hall–Kier alpha value is -1.67. The first-order chi connectivity index (χ1) is 13.0. The van der Waals surface area contributed by atoms with E-state index in [1.165, 1.54) is 5.56 Å². The second-order valence-corrected chi connectivity index (χ2v) is 7.56. The van der Waals surface area contributed by atoms with Crippen LogP contribution in [0.15, 0.2) is 24.3 Å². The molecule has 27 heavy (non-hydrogen) atoms. The molecule has 7 nitrogen and oxygen atoms in total. The van der Waals surface area contributed by atoms with Crippen LogP contribution in [0.5, 0.6) is 5.75 Å². The van der Waals surface area contributed by atoms with Crippen LogP contribution in [0.25, 0.3) is 0 Å². The predicted molar refractivity (Wildman–Crippen MR) is 104 cm³/mol. The molecule has 3 rings (SSSR count). The topological polar surface area (TPSA) is 88.9 Å². The molecule has 2 aliphatic heterocycles. The summed E-state index contributed by atoms with van der Waals surface area (Å²) in [6.45, 7) is 4.22. The largest absolute Gasteiger partial charge is 0.497 e. The third kappa shape index (κ3) is 4.43. The molecule has 2 saturated heterocycles. The normalized spacial score (nSPS) is 26.0. The monoisotopic (exact) mass is 376 g/mol. The lowest BCUT2D eigenvalue weighted by Crippen LogP contribution is -2.53. The summed E-state index contributed by atoms with van der Waals surface area (Å²) in [5, 5.41) is 0. The Morgan fingerprint density at radius 1 is 1.30 bits per heavy atom. The van der Waals surface area contributed by atoms with E-state index < -0.39 is 6.04 Å². The fraction of sp³-hybridized carbons (Fsp3) is 0.650. The molecule has 150 valence electrons. The highest BCUT2D eigenvalue weighted by Crippen LogP contribution is 2.33. The minimum Gasteiger partial charge on any atom is -0.497 e. The van der Waals surface area contributed by atoms with Crippen LogP contribution in [0, 0.1) is 5.92 Å². The van der Waals surface area contributed by atoms with Crippen molar-refractivity contribution >= 4 is 5.91 Å². The Labute approximate surface area is 161 Å². The van der Waals surface area contributed by atoms with Crippen LogP contribution in [0.3, 0.4) is 0 Å². The molecule has 2 unspecified atom stereocenters. The molecule has 7 heteroatoms. The van der Waals surface area contributed by atoms with E-state index in [-0.39, 0.29) is 12.0 Å². The number of ether oxygens (including phenoxy) is 2. The molecule has 2 aliphatic rings. The van der Waals surface area contributed by atoms with Gasteiger partial charge < -0.3 is 20.1 Å². The minimum absolute atomic E-state index is 0.00958. The van der Waals surface area contributed by atoms with Crippen LogP contribution in [-0.2, 0) is 9.53 Å². The third-order valence-electron chi connectivity index (χ3n) is 6.07. The number of hydrogen-bond donors (Lipinski definition) is 3. The van der Waals surface area contributed by atoms with Gasteiger partial charge >= 0.3 is 0 Å². The van der Waals surface area contributed by atoms with Crippen molar-refractivity contribution in [1.29, 1.82) is 0 Å². The number of nitrogens with one attached hydrogen (secondary N) is 2. The van der Waals surface area contributed by atoms with E-state index >= 15 is 0 Å². The quantitative estimate of drug-likeness (QED) is 0.682. The number of carbonyl (C=O) groups excluding carboxylic acids is 1. The van der Waals surface area contributed by atoms with Gasteiger partial charge in [0.05, 0.1) is 13.2 Å². The zero-order chi connectivity index (χ0) is 19.4. The maximum atomic E-state index is 12.6. The zero-order valence-corrected chi connectivity index (χ0v) is 16.5. The maximum absolute atomic E-state index is 12.6. The van der Waals surface area contributed by atoms with E-state index in [2.05, 4.69) is 23.0 Å². The SMILES string of the molecule is COc1cccc(C2CNNC2C2CCN(C(=O)[C@@H](N)[C@@H](C)OC)CC2)c1.